The maximum Gasteiger partial charge on any atom is 0.321 e. The second-order valence-corrected chi connectivity index (χ2v) is 4.15. The summed E-state index contributed by atoms with van der Waals surface area (Å²) in [6.45, 7) is 0. The van der Waals surface area contributed by atoms with Gasteiger partial charge in [0.05, 0.1) is 7.11 Å². The second kappa shape index (κ2) is 5.77. The number of thiol groups is 1. The minimum atomic E-state index is -1.03. The van der Waals surface area contributed by atoms with Gasteiger partial charge < -0.3 is 15.6 Å². The molecule has 0 saturated carbocycles. The first-order valence-electron chi connectivity index (χ1n) is 4.84. The highest BCUT2D eigenvalue weighted by molar-refractivity contribution is 7.81. The van der Waals surface area contributed by atoms with Crippen molar-refractivity contribution in [2.45, 2.75) is 17.7 Å². The number of ether oxygens (including phenoxy) is 1. The van der Waals surface area contributed by atoms with Crippen LogP contribution in [-0.4, -0.2) is 29.5 Å². The number of rotatable bonds is 5. The number of carbonyl (C=O) groups is 1. The van der Waals surface area contributed by atoms with E-state index in [0.29, 0.717) is 6.42 Å². The molecule has 0 saturated heterocycles. The number of hydrogen-bond donors (Lipinski definition) is 3. The van der Waals surface area contributed by atoms with E-state index < -0.39 is 17.3 Å². The van der Waals surface area contributed by atoms with Gasteiger partial charge in [-0.1, -0.05) is 12.1 Å². The lowest BCUT2D eigenvalue weighted by Gasteiger charge is -2.15. The molecule has 1 rings (SSSR count). The van der Waals surface area contributed by atoms with E-state index >= 15 is 0 Å². The van der Waals surface area contributed by atoms with Crippen LogP contribution < -0.4 is 10.5 Å². The Morgan fingerprint density at radius 2 is 2.06 bits per heavy atom. The fourth-order valence-electron chi connectivity index (χ4n) is 1.29. The summed E-state index contributed by atoms with van der Waals surface area (Å²) in [5.74, 6) is -0.268. The molecule has 0 aromatic heterocycles. The summed E-state index contributed by atoms with van der Waals surface area (Å²) >= 11 is 4.19. The molecule has 5 heteroatoms. The van der Waals surface area contributed by atoms with Crippen LogP contribution in [0.1, 0.15) is 5.56 Å². The molecule has 0 amide bonds. The average Bonchev–Trinajstić information content (AvgIpc) is 2.28. The standard InChI is InChI=1S/C11H15NO3S/c1-15-8-4-2-7(3-5-8)6-9(16)10(12)11(13)14/h2-5,9-10,16H,6,12H2,1H3,(H,13,14)/t9?,10-/m0/s1. The van der Waals surface area contributed by atoms with Gasteiger partial charge in [0, 0.05) is 5.25 Å². The summed E-state index contributed by atoms with van der Waals surface area (Å²) in [6.07, 6.45) is 0.514. The number of nitrogens with two attached hydrogens (primary N) is 1. The molecule has 88 valence electrons. The molecule has 0 fully saturated rings. The highest BCUT2D eigenvalue weighted by Gasteiger charge is 2.20. The largest absolute Gasteiger partial charge is 0.497 e. The van der Waals surface area contributed by atoms with E-state index in [9.17, 15) is 4.79 Å². The maximum absolute atomic E-state index is 10.6. The fourth-order valence-corrected chi connectivity index (χ4v) is 1.63. The Labute approximate surface area is 99.8 Å². The van der Waals surface area contributed by atoms with Crippen LogP contribution in [0.4, 0.5) is 0 Å². The van der Waals surface area contributed by atoms with E-state index in [2.05, 4.69) is 12.6 Å². The van der Waals surface area contributed by atoms with Crippen LogP contribution in [0.2, 0.25) is 0 Å². The molecule has 16 heavy (non-hydrogen) atoms. The molecule has 0 aliphatic carbocycles. The van der Waals surface area contributed by atoms with Gasteiger partial charge in [-0.05, 0) is 24.1 Å². The van der Waals surface area contributed by atoms with Gasteiger partial charge in [0.15, 0.2) is 0 Å². The van der Waals surface area contributed by atoms with E-state index in [0.717, 1.165) is 11.3 Å². The average molecular weight is 241 g/mol. The van der Waals surface area contributed by atoms with Gasteiger partial charge in [0.2, 0.25) is 0 Å². The molecule has 0 aliphatic heterocycles. The highest BCUT2D eigenvalue weighted by atomic mass is 32.1. The summed E-state index contributed by atoms with van der Waals surface area (Å²) in [4.78, 5) is 10.6. The van der Waals surface area contributed by atoms with Gasteiger partial charge in [-0.3, -0.25) is 4.79 Å². The number of hydrogen-bond acceptors (Lipinski definition) is 4. The van der Waals surface area contributed by atoms with Gasteiger partial charge in [-0.2, -0.15) is 12.6 Å². The van der Waals surface area contributed by atoms with Crippen molar-refractivity contribution in [3.63, 3.8) is 0 Å². The van der Waals surface area contributed by atoms with Crippen molar-refractivity contribution in [1.82, 2.24) is 0 Å². The Bertz CT molecular complexity index is 353. The molecule has 3 N–H and O–H groups in total. The van der Waals surface area contributed by atoms with E-state index in [1.54, 1.807) is 7.11 Å². The Morgan fingerprint density at radius 1 is 1.50 bits per heavy atom. The summed E-state index contributed by atoms with van der Waals surface area (Å²) in [7, 11) is 1.59. The molecule has 2 atom stereocenters. The Kier molecular flexibility index (Phi) is 4.64. The van der Waals surface area contributed by atoms with Crippen LogP contribution in [0, 0.1) is 0 Å². The Hall–Kier alpha value is -1.20. The predicted molar refractivity (Wildman–Crippen MR) is 65.1 cm³/mol. The van der Waals surface area contributed by atoms with Crippen LogP contribution in [0.25, 0.3) is 0 Å². The van der Waals surface area contributed by atoms with E-state index in [1.165, 1.54) is 0 Å². The zero-order chi connectivity index (χ0) is 12.1. The lowest BCUT2D eigenvalue weighted by Crippen LogP contribution is -2.39. The molecule has 1 unspecified atom stereocenters. The van der Waals surface area contributed by atoms with E-state index in [4.69, 9.17) is 15.6 Å². The molecule has 0 radical (unpaired) electrons. The zero-order valence-corrected chi connectivity index (χ0v) is 9.85. The molecule has 0 aliphatic rings. The van der Waals surface area contributed by atoms with E-state index in [-0.39, 0.29) is 0 Å². The molecular weight excluding hydrogens is 226 g/mol. The third-order valence-electron chi connectivity index (χ3n) is 2.30. The molecule has 0 heterocycles. The second-order valence-electron chi connectivity index (χ2n) is 3.48. The first-order chi connectivity index (χ1) is 7.54. The zero-order valence-electron chi connectivity index (χ0n) is 8.96. The van der Waals surface area contributed by atoms with E-state index in [1.807, 2.05) is 24.3 Å². The third-order valence-corrected chi connectivity index (χ3v) is 2.81. The SMILES string of the molecule is COc1ccc(CC(S)[C@H](N)C(=O)O)cc1. The van der Waals surface area contributed by atoms with Crippen molar-refractivity contribution in [1.29, 1.82) is 0 Å². The highest BCUT2D eigenvalue weighted by Crippen LogP contribution is 2.15. The summed E-state index contributed by atoms with van der Waals surface area (Å²) < 4.78 is 5.02. The number of carboxylic acid groups (broad SMARTS) is 1. The summed E-state index contributed by atoms with van der Waals surface area (Å²) in [5.41, 5.74) is 6.45. The smallest absolute Gasteiger partial charge is 0.321 e. The number of carboxylic acids is 1. The third kappa shape index (κ3) is 3.43. The van der Waals surface area contributed by atoms with Crippen molar-refractivity contribution in [3.05, 3.63) is 29.8 Å². The monoisotopic (exact) mass is 241 g/mol. The number of benzene rings is 1. The van der Waals surface area contributed by atoms with Crippen LogP contribution in [-0.2, 0) is 11.2 Å². The quantitative estimate of drug-likeness (QED) is 0.671. The summed E-state index contributed by atoms with van der Waals surface area (Å²) in [6, 6.07) is 6.43. The maximum atomic E-state index is 10.6. The van der Waals surface area contributed by atoms with Crippen LogP contribution in [0.15, 0.2) is 24.3 Å². The summed E-state index contributed by atoms with van der Waals surface area (Å²) in [5, 5.41) is 8.32. The number of aliphatic carboxylic acids is 1. The van der Waals surface area contributed by atoms with Crippen molar-refractivity contribution in [2.75, 3.05) is 7.11 Å². The lowest BCUT2D eigenvalue weighted by atomic mass is 10.1. The Balaban J connectivity index is 2.62. The lowest BCUT2D eigenvalue weighted by molar-refractivity contribution is -0.138. The fraction of sp³-hybridized carbons (Fsp3) is 0.364. The molecule has 0 bridgehead atoms. The molecule has 1 aromatic rings. The van der Waals surface area contributed by atoms with Gasteiger partial charge in [0.1, 0.15) is 11.8 Å². The first kappa shape index (κ1) is 12.9. The Morgan fingerprint density at radius 3 is 2.50 bits per heavy atom. The van der Waals surface area contributed by atoms with Gasteiger partial charge in [-0.15, -0.1) is 0 Å². The van der Waals surface area contributed by atoms with Crippen molar-refractivity contribution in [3.8, 4) is 5.75 Å². The van der Waals surface area contributed by atoms with Crippen molar-refractivity contribution in [2.24, 2.45) is 5.73 Å². The predicted octanol–water partition coefficient (Wildman–Crippen LogP) is 0.948. The molecule has 0 spiro atoms. The van der Waals surface area contributed by atoms with Gasteiger partial charge >= 0.3 is 5.97 Å². The van der Waals surface area contributed by atoms with Crippen molar-refractivity contribution < 1.29 is 14.6 Å². The van der Waals surface area contributed by atoms with Crippen LogP contribution in [0.5, 0.6) is 5.75 Å². The van der Waals surface area contributed by atoms with Crippen LogP contribution in [0.3, 0.4) is 0 Å². The normalized spacial score (nSPS) is 14.2. The van der Waals surface area contributed by atoms with Gasteiger partial charge in [-0.25, -0.2) is 0 Å². The van der Waals surface area contributed by atoms with Crippen molar-refractivity contribution >= 4 is 18.6 Å². The number of methoxy groups -OCH3 is 1. The minimum absolute atomic E-state index is 0.397. The molecular formula is C11H15NO3S. The topological polar surface area (TPSA) is 72.5 Å². The first-order valence-corrected chi connectivity index (χ1v) is 5.35. The minimum Gasteiger partial charge on any atom is -0.497 e. The molecule has 1 aromatic carbocycles. The van der Waals surface area contributed by atoms with Crippen LogP contribution >= 0.6 is 12.6 Å². The van der Waals surface area contributed by atoms with Gasteiger partial charge in [0.25, 0.3) is 0 Å². The molecule has 4 nitrogen and oxygen atoms in total.